The minimum absolute atomic E-state index is 0.0177. The Morgan fingerprint density at radius 2 is 1.56 bits per heavy atom. The van der Waals surface area contributed by atoms with Gasteiger partial charge in [0.05, 0.1) is 0 Å². The van der Waals surface area contributed by atoms with Gasteiger partial charge in [-0.25, -0.2) is 0 Å². The second-order valence-electron chi connectivity index (χ2n) is 11.1. The van der Waals surface area contributed by atoms with Gasteiger partial charge in [-0.1, -0.05) is 85.2 Å². The first-order chi connectivity index (χ1) is 14.8. The first kappa shape index (κ1) is 26.8. The van der Waals surface area contributed by atoms with Crippen molar-refractivity contribution in [3.8, 4) is 5.75 Å². The fourth-order valence-electron chi connectivity index (χ4n) is 3.81. The lowest BCUT2D eigenvalue weighted by atomic mass is 9.81. The van der Waals surface area contributed by atoms with E-state index >= 15 is 0 Å². The zero-order chi connectivity index (χ0) is 24.2. The molecule has 178 valence electrons. The predicted octanol–water partition coefficient (Wildman–Crippen LogP) is 6.79. The van der Waals surface area contributed by atoms with Crippen molar-refractivity contribution in [3.63, 3.8) is 0 Å². The molecule has 4 heteroatoms. The Labute approximate surface area is 198 Å². The molecule has 2 rings (SSSR count). The van der Waals surface area contributed by atoms with Crippen LogP contribution in [0.3, 0.4) is 0 Å². The molecule has 2 unspecified atom stereocenters. The number of benzene rings is 2. The van der Waals surface area contributed by atoms with Crippen molar-refractivity contribution >= 4 is 13.9 Å². The number of nitrogens with one attached hydrogen (secondary N) is 1. The Hall–Kier alpha value is -1.41. The summed E-state index contributed by atoms with van der Waals surface area (Å²) in [5, 5.41) is 5.05. The SMILES string of the molecule is CCC(C)(Pc1ccccc1CNC(C)(C)C)c1cc(C)cc(C(C)(C)C)c1OCOC. The van der Waals surface area contributed by atoms with Crippen molar-refractivity contribution in [1.82, 2.24) is 5.32 Å². The summed E-state index contributed by atoms with van der Waals surface area (Å²) in [6, 6.07) is 13.5. The minimum Gasteiger partial charge on any atom is -0.467 e. The lowest BCUT2D eigenvalue weighted by Gasteiger charge is -2.35. The summed E-state index contributed by atoms with van der Waals surface area (Å²) in [4.78, 5) is 0. The summed E-state index contributed by atoms with van der Waals surface area (Å²) >= 11 is 0. The molecule has 0 saturated heterocycles. The Morgan fingerprint density at radius 1 is 0.938 bits per heavy atom. The van der Waals surface area contributed by atoms with Gasteiger partial charge in [-0.15, -0.1) is 0 Å². The first-order valence-electron chi connectivity index (χ1n) is 11.7. The maximum atomic E-state index is 6.28. The van der Waals surface area contributed by atoms with Gasteiger partial charge in [-0.3, -0.25) is 0 Å². The lowest BCUT2D eigenvalue weighted by Crippen LogP contribution is -2.36. The van der Waals surface area contributed by atoms with Crippen LogP contribution in [-0.2, 0) is 21.9 Å². The highest BCUT2D eigenvalue weighted by Gasteiger charge is 2.33. The third-order valence-corrected chi connectivity index (χ3v) is 7.83. The summed E-state index contributed by atoms with van der Waals surface area (Å²) in [7, 11) is 2.32. The first-order valence-corrected chi connectivity index (χ1v) is 12.7. The minimum atomic E-state index is -0.0348. The average molecular weight is 458 g/mol. The molecule has 0 fully saturated rings. The molecule has 2 atom stereocenters. The van der Waals surface area contributed by atoms with E-state index in [1.165, 1.54) is 27.6 Å². The smallest absolute Gasteiger partial charge is 0.188 e. The normalized spacial score (nSPS) is 14.7. The molecule has 3 nitrogen and oxygen atoms in total. The molecular weight excluding hydrogens is 413 g/mol. The topological polar surface area (TPSA) is 30.5 Å². The fourth-order valence-corrected chi connectivity index (χ4v) is 5.42. The van der Waals surface area contributed by atoms with Crippen LogP contribution in [0.15, 0.2) is 36.4 Å². The van der Waals surface area contributed by atoms with Crippen molar-refractivity contribution in [2.45, 2.75) is 91.4 Å². The van der Waals surface area contributed by atoms with Crippen LogP contribution in [0.5, 0.6) is 5.75 Å². The van der Waals surface area contributed by atoms with Crippen molar-refractivity contribution in [2.24, 2.45) is 0 Å². The third-order valence-electron chi connectivity index (χ3n) is 5.90. The number of hydrogen-bond donors (Lipinski definition) is 1. The van der Waals surface area contributed by atoms with Crippen LogP contribution in [0.1, 0.15) is 84.1 Å². The van der Waals surface area contributed by atoms with Crippen LogP contribution in [-0.4, -0.2) is 19.4 Å². The molecule has 0 spiro atoms. The Morgan fingerprint density at radius 3 is 2.12 bits per heavy atom. The molecule has 0 heterocycles. The highest BCUT2D eigenvalue weighted by atomic mass is 31.1. The van der Waals surface area contributed by atoms with Crippen LogP contribution >= 0.6 is 8.58 Å². The number of methoxy groups -OCH3 is 1. The monoisotopic (exact) mass is 457 g/mol. The highest BCUT2D eigenvalue weighted by Crippen LogP contribution is 2.50. The van der Waals surface area contributed by atoms with E-state index in [2.05, 4.69) is 104 Å². The van der Waals surface area contributed by atoms with E-state index in [9.17, 15) is 0 Å². The largest absolute Gasteiger partial charge is 0.467 e. The predicted molar refractivity (Wildman–Crippen MR) is 141 cm³/mol. The zero-order valence-corrected chi connectivity index (χ0v) is 22.9. The molecule has 0 bridgehead atoms. The van der Waals surface area contributed by atoms with Gasteiger partial charge in [0.2, 0.25) is 0 Å². The Kier molecular flexibility index (Phi) is 8.96. The summed E-state index contributed by atoms with van der Waals surface area (Å²) in [6.45, 7) is 21.4. The quantitative estimate of drug-likeness (QED) is 0.332. The number of hydrogen-bond acceptors (Lipinski definition) is 3. The summed E-state index contributed by atoms with van der Waals surface area (Å²) < 4.78 is 11.6. The van der Waals surface area contributed by atoms with Crippen LogP contribution < -0.4 is 15.4 Å². The lowest BCUT2D eigenvalue weighted by molar-refractivity contribution is 0.0487. The molecule has 1 N–H and O–H groups in total. The van der Waals surface area contributed by atoms with Gasteiger partial charge < -0.3 is 14.8 Å². The average Bonchev–Trinajstić information content (AvgIpc) is 2.70. The van der Waals surface area contributed by atoms with E-state index in [-0.39, 0.29) is 22.9 Å². The second-order valence-corrected chi connectivity index (χ2v) is 13.0. The van der Waals surface area contributed by atoms with E-state index in [0.29, 0.717) is 8.58 Å². The van der Waals surface area contributed by atoms with E-state index in [4.69, 9.17) is 9.47 Å². The van der Waals surface area contributed by atoms with Gasteiger partial charge in [-0.2, -0.15) is 0 Å². The van der Waals surface area contributed by atoms with Gasteiger partial charge in [0.1, 0.15) is 5.75 Å². The van der Waals surface area contributed by atoms with E-state index < -0.39 is 0 Å². The van der Waals surface area contributed by atoms with Gasteiger partial charge >= 0.3 is 0 Å². The molecule has 0 saturated carbocycles. The third kappa shape index (κ3) is 7.04. The van der Waals surface area contributed by atoms with Gasteiger partial charge in [-0.05, 0) is 50.4 Å². The van der Waals surface area contributed by atoms with Gasteiger partial charge in [0.25, 0.3) is 0 Å². The maximum absolute atomic E-state index is 6.28. The maximum Gasteiger partial charge on any atom is 0.188 e. The summed E-state index contributed by atoms with van der Waals surface area (Å²) in [5.41, 5.74) is 5.26. The molecule has 0 aliphatic heterocycles. The summed E-state index contributed by atoms with van der Waals surface area (Å²) in [5.74, 6) is 0.993. The number of rotatable bonds is 9. The molecule has 0 aliphatic carbocycles. The zero-order valence-electron chi connectivity index (χ0n) is 21.9. The van der Waals surface area contributed by atoms with Crippen LogP contribution in [0.4, 0.5) is 0 Å². The molecule has 2 aromatic rings. The summed E-state index contributed by atoms with van der Waals surface area (Å²) in [6.07, 6.45) is 1.03. The molecule has 32 heavy (non-hydrogen) atoms. The van der Waals surface area contributed by atoms with Crippen molar-refractivity contribution in [2.75, 3.05) is 13.9 Å². The second kappa shape index (κ2) is 10.7. The standard InChI is InChI=1S/C28H44NO2P/c1-11-28(9,32-24-15-13-12-14-21(24)18-29-27(6,7)8)23-17-20(2)16-22(26(3,4)5)25(23)31-19-30-10/h12-17,29,32H,11,18-19H2,1-10H3. The number of ether oxygens (including phenoxy) is 2. The molecule has 0 radical (unpaired) electrons. The van der Waals surface area contributed by atoms with Crippen molar-refractivity contribution < 1.29 is 9.47 Å². The van der Waals surface area contributed by atoms with Crippen LogP contribution in [0, 0.1) is 6.92 Å². The fraction of sp³-hybridized carbons (Fsp3) is 0.571. The molecule has 0 aliphatic rings. The van der Waals surface area contributed by atoms with Crippen molar-refractivity contribution in [1.29, 1.82) is 0 Å². The molecular formula is C28H44NO2P. The van der Waals surface area contributed by atoms with Gasteiger partial charge in [0, 0.05) is 35.5 Å². The molecule has 0 amide bonds. The van der Waals surface area contributed by atoms with E-state index in [1.807, 2.05) is 0 Å². The Balaban J connectivity index is 2.57. The van der Waals surface area contributed by atoms with Crippen LogP contribution in [0.25, 0.3) is 0 Å². The van der Waals surface area contributed by atoms with Crippen LogP contribution in [0.2, 0.25) is 0 Å². The van der Waals surface area contributed by atoms with Crippen molar-refractivity contribution in [3.05, 3.63) is 58.7 Å². The van der Waals surface area contributed by atoms with E-state index in [1.54, 1.807) is 7.11 Å². The molecule has 2 aromatic carbocycles. The Bertz CT molecular complexity index is 895. The highest BCUT2D eigenvalue weighted by molar-refractivity contribution is 7.48. The van der Waals surface area contributed by atoms with Gasteiger partial charge in [0.15, 0.2) is 6.79 Å². The van der Waals surface area contributed by atoms with E-state index in [0.717, 1.165) is 18.7 Å². The number of aryl methyl sites for hydroxylation is 1. The molecule has 0 aromatic heterocycles.